The summed E-state index contributed by atoms with van der Waals surface area (Å²) in [4.78, 5) is 24.5. The van der Waals surface area contributed by atoms with E-state index in [1.165, 1.54) is 19.2 Å². The predicted octanol–water partition coefficient (Wildman–Crippen LogP) is 5.31. The van der Waals surface area contributed by atoms with Gasteiger partial charge in [-0.25, -0.2) is 9.59 Å². The number of carbonyl (C=O) groups is 2. The van der Waals surface area contributed by atoms with E-state index in [0.717, 1.165) is 22.3 Å². The fourth-order valence-corrected chi connectivity index (χ4v) is 4.57. The summed E-state index contributed by atoms with van der Waals surface area (Å²) in [7, 11) is 1.36. The van der Waals surface area contributed by atoms with E-state index in [-0.39, 0.29) is 25.6 Å². The number of carboxylic acids is 1. The zero-order valence-electron chi connectivity index (χ0n) is 20.5. The van der Waals surface area contributed by atoms with Gasteiger partial charge < -0.3 is 24.6 Å². The Kier molecular flexibility index (Phi) is 8.21. The van der Waals surface area contributed by atoms with Gasteiger partial charge in [0, 0.05) is 17.9 Å². The average Bonchev–Trinajstić information content (AvgIpc) is 3.20. The number of alkyl halides is 3. The summed E-state index contributed by atoms with van der Waals surface area (Å²) in [6.45, 7) is -1.79. The fraction of sp³-hybridized carbons (Fsp3) is 0.286. The van der Waals surface area contributed by atoms with Crippen LogP contribution >= 0.6 is 0 Å². The Morgan fingerprint density at radius 1 is 1.00 bits per heavy atom. The molecule has 7 nitrogen and oxygen atoms in total. The Balaban J connectivity index is 1.40. The Bertz CT molecular complexity index is 1260. The maximum Gasteiger partial charge on any atom is 0.411 e. The van der Waals surface area contributed by atoms with Crippen molar-refractivity contribution in [3.63, 3.8) is 0 Å². The number of methoxy groups -OCH3 is 1. The van der Waals surface area contributed by atoms with Crippen LogP contribution in [0.5, 0.6) is 5.75 Å². The molecule has 0 radical (unpaired) electrons. The fourth-order valence-electron chi connectivity index (χ4n) is 4.57. The molecule has 4 rings (SSSR count). The van der Waals surface area contributed by atoms with Crippen molar-refractivity contribution in [3.05, 3.63) is 89.0 Å². The van der Waals surface area contributed by atoms with Gasteiger partial charge in [0.05, 0.1) is 13.7 Å². The lowest BCUT2D eigenvalue weighted by Crippen LogP contribution is -2.42. The number of carbonyl (C=O) groups excluding carboxylic acids is 1. The maximum atomic E-state index is 12.6. The lowest BCUT2D eigenvalue weighted by Gasteiger charge is -2.18. The number of carboxylic acid groups (broad SMARTS) is 1. The first-order valence-electron chi connectivity index (χ1n) is 11.8. The van der Waals surface area contributed by atoms with Crippen LogP contribution in [-0.2, 0) is 27.3 Å². The number of halogens is 3. The molecule has 1 unspecified atom stereocenters. The third-order valence-electron chi connectivity index (χ3n) is 6.24. The molecule has 1 aliphatic carbocycles. The highest BCUT2D eigenvalue weighted by molar-refractivity contribution is 5.81. The van der Waals surface area contributed by atoms with Crippen molar-refractivity contribution in [2.75, 3.05) is 20.3 Å². The summed E-state index contributed by atoms with van der Waals surface area (Å²) in [6.07, 6.45) is -5.50. The molecule has 0 spiro atoms. The molecule has 1 amide bonds. The summed E-state index contributed by atoms with van der Waals surface area (Å²) >= 11 is 0. The Hall–Kier alpha value is -4.05. The second-order valence-electron chi connectivity index (χ2n) is 8.82. The highest BCUT2D eigenvalue weighted by Gasteiger charge is 2.30. The van der Waals surface area contributed by atoms with E-state index in [1.54, 1.807) is 6.07 Å². The van der Waals surface area contributed by atoms with Gasteiger partial charge in [-0.3, -0.25) is 0 Å². The molecule has 1 aliphatic rings. The van der Waals surface area contributed by atoms with E-state index in [1.807, 2.05) is 48.5 Å². The van der Waals surface area contributed by atoms with Gasteiger partial charge in [0.2, 0.25) is 0 Å². The van der Waals surface area contributed by atoms with Crippen LogP contribution < -0.4 is 10.1 Å². The van der Waals surface area contributed by atoms with Crippen LogP contribution in [0, 0.1) is 0 Å². The van der Waals surface area contributed by atoms with E-state index in [9.17, 15) is 27.9 Å². The molecule has 0 saturated heterocycles. The number of nitrogens with one attached hydrogen (secondary N) is 1. The smallest absolute Gasteiger partial charge is 0.411 e. The lowest BCUT2D eigenvalue weighted by molar-refractivity contribution is -0.176. The molecule has 10 heteroatoms. The molecule has 0 saturated carbocycles. The average molecular weight is 530 g/mol. The van der Waals surface area contributed by atoms with Crippen LogP contribution in [0.25, 0.3) is 11.1 Å². The Labute approximate surface area is 217 Å². The van der Waals surface area contributed by atoms with Crippen molar-refractivity contribution < 1.29 is 42.1 Å². The van der Waals surface area contributed by atoms with Gasteiger partial charge in [-0.2, -0.15) is 13.2 Å². The topological polar surface area (TPSA) is 94.1 Å². The van der Waals surface area contributed by atoms with Crippen LogP contribution in [0.15, 0.2) is 66.7 Å². The number of fused-ring (bicyclic) bond motifs is 3. The summed E-state index contributed by atoms with van der Waals surface area (Å²) in [5.41, 5.74) is 4.96. The van der Waals surface area contributed by atoms with Crippen molar-refractivity contribution in [3.8, 4) is 16.9 Å². The van der Waals surface area contributed by atoms with E-state index in [0.29, 0.717) is 16.9 Å². The molecule has 38 heavy (non-hydrogen) atoms. The minimum atomic E-state index is -4.48. The van der Waals surface area contributed by atoms with Gasteiger partial charge in [-0.05, 0) is 39.9 Å². The minimum absolute atomic E-state index is 0.0232. The third kappa shape index (κ3) is 6.44. The molecule has 3 aromatic rings. The largest absolute Gasteiger partial charge is 0.496 e. The number of ether oxygens (including phenoxy) is 3. The first-order valence-corrected chi connectivity index (χ1v) is 11.8. The van der Waals surface area contributed by atoms with Gasteiger partial charge in [0.1, 0.15) is 25.0 Å². The van der Waals surface area contributed by atoms with Crippen molar-refractivity contribution >= 4 is 12.1 Å². The zero-order valence-corrected chi connectivity index (χ0v) is 20.5. The molecular formula is C28H26F3NO6. The van der Waals surface area contributed by atoms with Crippen LogP contribution in [0.4, 0.5) is 18.0 Å². The molecule has 0 aromatic heterocycles. The number of amides is 1. The number of benzene rings is 3. The van der Waals surface area contributed by atoms with Gasteiger partial charge in [0.25, 0.3) is 0 Å². The van der Waals surface area contributed by atoms with E-state index >= 15 is 0 Å². The normalized spacial score (nSPS) is 13.4. The standard InChI is InChI=1S/C28H26F3NO6/c1-36-25-11-10-17(12-18(25)14-37-16-28(29,30)31)13-24(26(33)34)32-27(35)38-15-23-21-8-4-2-6-19(21)20-7-3-5-9-22(20)23/h2-12,23-24H,13-16H2,1H3,(H,32,35)(H,33,34). The van der Waals surface area contributed by atoms with Crippen LogP contribution in [0.3, 0.4) is 0 Å². The molecule has 0 heterocycles. The summed E-state index contributed by atoms with van der Waals surface area (Å²) in [5, 5.41) is 12.1. The minimum Gasteiger partial charge on any atom is -0.496 e. The number of aliphatic carboxylic acids is 1. The van der Waals surface area contributed by atoms with E-state index in [4.69, 9.17) is 14.2 Å². The van der Waals surface area contributed by atoms with Gasteiger partial charge >= 0.3 is 18.2 Å². The maximum absolute atomic E-state index is 12.6. The Morgan fingerprint density at radius 3 is 2.21 bits per heavy atom. The second-order valence-corrected chi connectivity index (χ2v) is 8.82. The summed E-state index contributed by atoms with van der Waals surface area (Å²) in [5.74, 6) is -1.17. The van der Waals surface area contributed by atoms with Crippen LogP contribution in [0.1, 0.15) is 28.2 Å². The van der Waals surface area contributed by atoms with Crippen molar-refractivity contribution in [2.24, 2.45) is 0 Å². The van der Waals surface area contributed by atoms with Gasteiger partial charge in [-0.15, -0.1) is 0 Å². The van der Waals surface area contributed by atoms with Crippen LogP contribution in [0.2, 0.25) is 0 Å². The number of alkyl carbamates (subject to hydrolysis) is 1. The van der Waals surface area contributed by atoms with Gasteiger partial charge in [0.15, 0.2) is 0 Å². The number of rotatable bonds is 10. The highest BCUT2D eigenvalue weighted by atomic mass is 19.4. The molecule has 200 valence electrons. The van der Waals surface area contributed by atoms with Crippen molar-refractivity contribution in [1.82, 2.24) is 5.32 Å². The summed E-state index contributed by atoms with van der Waals surface area (Å²) in [6, 6.07) is 18.9. The van der Waals surface area contributed by atoms with E-state index < -0.39 is 30.9 Å². The molecule has 0 fully saturated rings. The van der Waals surface area contributed by atoms with Crippen molar-refractivity contribution in [2.45, 2.75) is 31.2 Å². The third-order valence-corrected chi connectivity index (χ3v) is 6.24. The number of hydrogen-bond donors (Lipinski definition) is 2. The van der Waals surface area contributed by atoms with E-state index in [2.05, 4.69) is 5.32 Å². The molecule has 3 aromatic carbocycles. The quantitative estimate of drug-likeness (QED) is 0.370. The lowest BCUT2D eigenvalue weighted by atomic mass is 9.98. The summed E-state index contributed by atoms with van der Waals surface area (Å²) < 4.78 is 52.6. The second kappa shape index (κ2) is 11.6. The highest BCUT2D eigenvalue weighted by Crippen LogP contribution is 2.44. The SMILES string of the molecule is COc1ccc(CC(NC(=O)OCC2c3ccccc3-c3ccccc32)C(=O)O)cc1COCC(F)(F)F. The van der Waals surface area contributed by atoms with Gasteiger partial charge in [-0.1, -0.05) is 54.6 Å². The van der Waals surface area contributed by atoms with Crippen molar-refractivity contribution in [1.29, 1.82) is 0 Å². The first-order chi connectivity index (χ1) is 18.2. The monoisotopic (exact) mass is 529 g/mol. The molecule has 1 atom stereocenters. The molecule has 2 N–H and O–H groups in total. The first kappa shape index (κ1) is 27.0. The predicted molar refractivity (Wildman–Crippen MR) is 132 cm³/mol. The van der Waals surface area contributed by atoms with Crippen LogP contribution in [-0.4, -0.2) is 49.7 Å². The molecule has 0 bridgehead atoms. The number of hydrogen-bond acceptors (Lipinski definition) is 5. The zero-order chi connectivity index (χ0) is 27.3. The Morgan fingerprint density at radius 2 is 1.63 bits per heavy atom. The molecule has 0 aliphatic heterocycles. The molecular weight excluding hydrogens is 503 g/mol.